The SMILES string of the molecule is COC[C@](CO)(OCC1CCC(n2ncc3c(NC4CCCC4)nc(Cl)nc32)O1)P(O)O. The molecule has 3 atom stereocenters. The predicted molar refractivity (Wildman–Crippen MR) is 118 cm³/mol. The number of halogens is 1. The third-order valence-corrected chi connectivity index (χ3v) is 7.30. The van der Waals surface area contributed by atoms with E-state index >= 15 is 0 Å². The summed E-state index contributed by atoms with van der Waals surface area (Å²) in [6.07, 6.45) is 6.98. The van der Waals surface area contributed by atoms with Gasteiger partial charge in [0.2, 0.25) is 13.7 Å². The van der Waals surface area contributed by atoms with Crippen molar-refractivity contribution in [1.29, 1.82) is 0 Å². The number of rotatable bonds is 10. The lowest BCUT2D eigenvalue weighted by Gasteiger charge is -2.32. The van der Waals surface area contributed by atoms with E-state index in [-0.39, 0.29) is 30.8 Å². The highest BCUT2D eigenvalue weighted by Crippen LogP contribution is 2.44. The van der Waals surface area contributed by atoms with Crippen LogP contribution in [0.15, 0.2) is 6.20 Å². The topological polar surface area (TPSA) is 144 Å². The van der Waals surface area contributed by atoms with Gasteiger partial charge in [0.15, 0.2) is 17.2 Å². The number of fused-ring (bicyclic) bond motifs is 1. The average Bonchev–Trinajstić information content (AvgIpc) is 3.51. The van der Waals surface area contributed by atoms with Crippen molar-refractivity contribution in [2.75, 3.05) is 32.2 Å². The lowest BCUT2D eigenvalue weighted by molar-refractivity contribution is -0.110. The number of aromatic nitrogens is 4. The van der Waals surface area contributed by atoms with Gasteiger partial charge in [-0.3, -0.25) is 0 Å². The van der Waals surface area contributed by atoms with Gasteiger partial charge in [-0.05, 0) is 37.3 Å². The summed E-state index contributed by atoms with van der Waals surface area (Å²) < 4.78 is 18.5. The van der Waals surface area contributed by atoms with Gasteiger partial charge in [-0.2, -0.15) is 15.1 Å². The maximum Gasteiger partial charge on any atom is 0.226 e. The number of methoxy groups -OCH3 is 1. The maximum atomic E-state index is 9.71. The van der Waals surface area contributed by atoms with Gasteiger partial charge in [0.25, 0.3) is 0 Å². The molecule has 2 aliphatic rings. The Kier molecular flexibility index (Phi) is 7.79. The molecule has 1 aliphatic heterocycles. The van der Waals surface area contributed by atoms with Crippen molar-refractivity contribution in [2.45, 2.75) is 62.2 Å². The van der Waals surface area contributed by atoms with Gasteiger partial charge in [-0.15, -0.1) is 0 Å². The van der Waals surface area contributed by atoms with Crippen molar-refractivity contribution < 1.29 is 29.1 Å². The summed E-state index contributed by atoms with van der Waals surface area (Å²) in [4.78, 5) is 28.2. The van der Waals surface area contributed by atoms with Crippen LogP contribution in [0.2, 0.25) is 5.28 Å². The zero-order chi connectivity index (χ0) is 22.7. The van der Waals surface area contributed by atoms with Crippen LogP contribution in [-0.2, 0) is 14.2 Å². The molecule has 2 aromatic heterocycles. The summed E-state index contributed by atoms with van der Waals surface area (Å²) in [6, 6.07) is 0.374. The summed E-state index contributed by atoms with van der Waals surface area (Å²) in [5.41, 5.74) is 0.593. The summed E-state index contributed by atoms with van der Waals surface area (Å²) >= 11 is 6.20. The van der Waals surface area contributed by atoms with E-state index in [9.17, 15) is 14.9 Å². The van der Waals surface area contributed by atoms with Crippen LogP contribution in [0.4, 0.5) is 5.82 Å². The highest BCUT2D eigenvalue weighted by molar-refractivity contribution is 7.46. The van der Waals surface area contributed by atoms with Crippen molar-refractivity contribution in [1.82, 2.24) is 19.7 Å². The van der Waals surface area contributed by atoms with Crippen molar-refractivity contribution in [3.63, 3.8) is 0 Å². The Balaban J connectivity index is 1.46. The third kappa shape index (κ3) is 5.00. The minimum Gasteiger partial charge on any atom is -0.393 e. The first kappa shape index (κ1) is 24.0. The third-order valence-electron chi connectivity index (χ3n) is 6.00. The Morgan fingerprint density at radius 1 is 1.28 bits per heavy atom. The van der Waals surface area contributed by atoms with E-state index in [0.29, 0.717) is 30.3 Å². The van der Waals surface area contributed by atoms with Crippen LogP contribution in [0.5, 0.6) is 0 Å². The van der Waals surface area contributed by atoms with E-state index in [1.54, 1.807) is 10.9 Å². The number of nitrogens with zero attached hydrogens (tertiary/aromatic N) is 4. The quantitative estimate of drug-likeness (QED) is 0.289. The largest absolute Gasteiger partial charge is 0.393 e. The van der Waals surface area contributed by atoms with Gasteiger partial charge in [0, 0.05) is 13.2 Å². The molecule has 0 amide bonds. The zero-order valence-electron chi connectivity index (χ0n) is 17.9. The summed E-state index contributed by atoms with van der Waals surface area (Å²) in [5, 5.41) is 17.0. The maximum absolute atomic E-state index is 9.71. The molecule has 2 fully saturated rings. The highest BCUT2D eigenvalue weighted by atomic mass is 35.5. The first-order valence-electron chi connectivity index (χ1n) is 10.7. The summed E-state index contributed by atoms with van der Waals surface area (Å²) in [7, 11) is -1.16. The van der Waals surface area contributed by atoms with Crippen molar-refractivity contribution in [3.8, 4) is 0 Å². The van der Waals surface area contributed by atoms with Crippen molar-refractivity contribution in [3.05, 3.63) is 11.5 Å². The van der Waals surface area contributed by atoms with Crippen molar-refractivity contribution >= 4 is 36.8 Å². The lowest BCUT2D eigenvalue weighted by atomic mass is 10.2. The molecule has 3 heterocycles. The molecule has 178 valence electrons. The minimum atomic E-state index is -2.57. The van der Waals surface area contributed by atoms with Gasteiger partial charge in [-0.1, -0.05) is 12.8 Å². The normalized spacial score (nSPS) is 23.9. The Morgan fingerprint density at radius 3 is 2.75 bits per heavy atom. The molecule has 4 N–H and O–H groups in total. The van der Waals surface area contributed by atoms with Crippen LogP contribution < -0.4 is 5.32 Å². The van der Waals surface area contributed by atoms with Gasteiger partial charge in [0.1, 0.15) is 5.82 Å². The Hall–Kier alpha value is -1.17. The van der Waals surface area contributed by atoms with Crippen LogP contribution in [-0.4, -0.2) is 79.1 Å². The second-order valence-electron chi connectivity index (χ2n) is 8.22. The highest BCUT2D eigenvalue weighted by Gasteiger charge is 2.41. The van der Waals surface area contributed by atoms with Crippen LogP contribution >= 0.6 is 20.0 Å². The fraction of sp³-hybridized carbons (Fsp3) is 0.737. The van der Waals surface area contributed by atoms with Crippen molar-refractivity contribution in [2.24, 2.45) is 0 Å². The first-order valence-corrected chi connectivity index (χ1v) is 12.3. The van der Waals surface area contributed by atoms with E-state index < -0.39 is 20.3 Å². The molecule has 1 saturated carbocycles. The number of ether oxygens (including phenoxy) is 3. The second-order valence-corrected chi connectivity index (χ2v) is 9.95. The van der Waals surface area contributed by atoms with Gasteiger partial charge in [0.05, 0.1) is 37.5 Å². The molecule has 1 aliphatic carbocycles. The average molecular weight is 490 g/mol. The van der Waals surface area contributed by atoms with Crippen LogP contribution in [0.1, 0.15) is 44.8 Å². The molecule has 32 heavy (non-hydrogen) atoms. The second kappa shape index (κ2) is 10.4. The first-order chi connectivity index (χ1) is 15.5. The minimum absolute atomic E-state index is 0.0732. The fourth-order valence-electron chi connectivity index (χ4n) is 4.26. The lowest BCUT2D eigenvalue weighted by Crippen LogP contribution is -2.41. The fourth-order valence-corrected chi connectivity index (χ4v) is 4.98. The number of aliphatic hydroxyl groups excluding tert-OH is 1. The Bertz CT molecular complexity index is 914. The van der Waals surface area contributed by atoms with Crippen LogP contribution in [0, 0.1) is 0 Å². The zero-order valence-corrected chi connectivity index (χ0v) is 19.5. The molecule has 0 radical (unpaired) electrons. The standard InChI is InChI=1S/C19H29ClN5O6P/c1-29-11-19(10-26,32(27)28)30-9-13-6-7-15(31-13)25-17-14(8-21-25)16(23-18(20)24-17)22-12-4-2-3-5-12/h8,12-13,15,26-28H,2-7,9-11H2,1H3,(H,22,23,24)/t13?,15?,19-/m1/s1. The Morgan fingerprint density at radius 2 is 2.06 bits per heavy atom. The summed E-state index contributed by atoms with van der Waals surface area (Å²) in [6.45, 7) is -0.649. The van der Waals surface area contributed by atoms with Gasteiger partial charge < -0.3 is 34.4 Å². The molecule has 1 saturated heterocycles. The molecule has 2 aromatic rings. The molecule has 0 spiro atoms. The predicted octanol–water partition coefficient (Wildman–Crippen LogP) is 2.16. The number of aliphatic hydroxyl groups is 1. The number of hydrogen-bond donors (Lipinski definition) is 4. The van der Waals surface area contributed by atoms with Gasteiger partial charge in [-0.25, -0.2) is 4.68 Å². The van der Waals surface area contributed by atoms with E-state index in [4.69, 9.17) is 25.8 Å². The van der Waals surface area contributed by atoms with Crippen LogP contribution in [0.25, 0.3) is 11.0 Å². The van der Waals surface area contributed by atoms with Crippen LogP contribution in [0.3, 0.4) is 0 Å². The molecule has 11 nitrogen and oxygen atoms in total. The molecular weight excluding hydrogens is 461 g/mol. The van der Waals surface area contributed by atoms with E-state index in [0.717, 1.165) is 18.2 Å². The molecule has 2 unspecified atom stereocenters. The van der Waals surface area contributed by atoms with E-state index in [1.807, 2.05) is 0 Å². The molecule has 0 aromatic carbocycles. The molecule has 0 bridgehead atoms. The molecule has 13 heteroatoms. The monoisotopic (exact) mass is 489 g/mol. The van der Waals surface area contributed by atoms with E-state index in [2.05, 4.69) is 20.4 Å². The number of hydrogen-bond acceptors (Lipinski definition) is 10. The van der Waals surface area contributed by atoms with E-state index in [1.165, 1.54) is 20.0 Å². The molecular formula is C19H29ClN5O6P. The smallest absolute Gasteiger partial charge is 0.226 e. The number of nitrogens with one attached hydrogen (secondary N) is 1. The molecule has 4 rings (SSSR count). The van der Waals surface area contributed by atoms with Gasteiger partial charge >= 0.3 is 0 Å². The number of anilines is 1. The Labute approximate surface area is 192 Å². The summed E-state index contributed by atoms with van der Waals surface area (Å²) in [5.74, 6) is 0.683.